The summed E-state index contributed by atoms with van der Waals surface area (Å²) in [7, 11) is 2.01. The molecule has 0 aliphatic heterocycles. The summed E-state index contributed by atoms with van der Waals surface area (Å²) in [6.45, 7) is 2.07. The van der Waals surface area contributed by atoms with E-state index in [0.29, 0.717) is 0 Å². The lowest BCUT2D eigenvalue weighted by atomic mass is 9.96. The highest BCUT2D eigenvalue weighted by atomic mass is 35.5. The average Bonchev–Trinajstić information content (AvgIpc) is 2.93. The summed E-state index contributed by atoms with van der Waals surface area (Å²) in [5.41, 5.74) is 6.86. The molecule has 0 fully saturated rings. The number of hydrogen-bond acceptors (Lipinski definition) is 1. The lowest BCUT2D eigenvalue weighted by Crippen LogP contribution is -2.19. The van der Waals surface area contributed by atoms with Gasteiger partial charge in [0.2, 0.25) is 0 Å². The van der Waals surface area contributed by atoms with Crippen molar-refractivity contribution in [2.45, 2.75) is 38.6 Å². The van der Waals surface area contributed by atoms with Crippen LogP contribution >= 0.6 is 11.6 Å². The second-order valence-electron chi connectivity index (χ2n) is 6.03. The van der Waals surface area contributed by atoms with Gasteiger partial charge in [-0.3, -0.25) is 0 Å². The minimum Gasteiger partial charge on any atom is -0.313 e. The maximum Gasteiger partial charge on any atom is 0.0456 e. The van der Waals surface area contributed by atoms with Crippen LogP contribution in [0.1, 0.15) is 40.3 Å². The zero-order valence-electron chi connectivity index (χ0n) is 12.7. The molecule has 3 rings (SSSR count). The third-order valence-electron chi connectivity index (χ3n) is 4.48. The number of likely N-dealkylation sites (N-methyl/N-ethyl adjacent to an activating group) is 1. The van der Waals surface area contributed by atoms with Crippen LogP contribution in [0.15, 0.2) is 36.4 Å². The first-order valence-corrected chi connectivity index (χ1v) is 8.09. The molecule has 1 nitrogen and oxygen atoms in total. The largest absolute Gasteiger partial charge is 0.313 e. The number of rotatable bonds is 4. The molecule has 0 radical (unpaired) electrons. The highest BCUT2D eigenvalue weighted by Gasteiger charge is 2.16. The lowest BCUT2D eigenvalue weighted by Gasteiger charge is -2.19. The molecule has 0 amide bonds. The molecule has 1 aliphatic carbocycles. The molecule has 2 aromatic carbocycles. The molecule has 1 N–H and O–H groups in total. The standard InChI is InChI=1S/C19H22ClN/c1-13-6-9-17(18(20)10-13)19(21-2)12-14-7-8-15-4-3-5-16(15)11-14/h6-11,19,21H,3-5,12H2,1-2H3. The third-order valence-corrected chi connectivity index (χ3v) is 4.81. The van der Waals surface area contributed by atoms with Gasteiger partial charge in [0.25, 0.3) is 0 Å². The molecular formula is C19H22ClN. The van der Waals surface area contributed by atoms with Gasteiger partial charge in [0.1, 0.15) is 0 Å². The van der Waals surface area contributed by atoms with E-state index in [1.807, 2.05) is 13.1 Å². The van der Waals surface area contributed by atoms with Crippen LogP contribution in [0.3, 0.4) is 0 Å². The predicted octanol–water partition coefficient (Wildman–Crippen LogP) is 4.64. The highest BCUT2D eigenvalue weighted by molar-refractivity contribution is 6.31. The fourth-order valence-corrected chi connectivity index (χ4v) is 3.64. The van der Waals surface area contributed by atoms with E-state index in [-0.39, 0.29) is 6.04 Å². The molecule has 0 saturated heterocycles. The number of aryl methyl sites for hydroxylation is 3. The molecule has 1 aliphatic rings. The minimum atomic E-state index is 0.262. The molecule has 0 saturated carbocycles. The molecule has 0 aromatic heterocycles. The number of fused-ring (bicyclic) bond motifs is 1. The summed E-state index contributed by atoms with van der Waals surface area (Å²) in [4.78, 5) is 0. The van der Waals surface area contributed by atoms with Crippen molar-refractivity contribution in [3.8, 4) is 0 Å². The van der Waals surface area contributed by atoms with E-state index < -0.39 is 0 Å². The number of hydrogen-bond donors (Lipinski definition) is 1. The molecule has 0 bridgehead atoms. The van der Waals surface area contributed by atoms with Gasteiger partial charge in [-0.15, -0.1) is 0 Å². The molecular weight excluding hydrogens is 278 g/mol. The Morgan fingerprint density at radius 2 is 1.90 bits per heavy atom. The Morgan fingerprint density at radius 3 is 2.67 bits per heavy atom. The summed E-state index contributed by atoms with van der Waals surface area (Å²) in [5.74, 6) is 0. The number of nitrogens with one attached hydrogen (secondary N) is 1. The Hall–Kier alpha value is -1.31. The van der Waals surface area contributed by atoms with Crippen molar-refractivity contribution in [3.63, 3.8) is 0 Å². The topological polar surface area (TPSA) is 12.0 Å². The minimum absolute atomic E-state index is 0.262. The second kappa shape index (κ2) is 6.21. The summed E-state index contributed by atoms with van der Waals surface area (Å²) in [6, 6.07) is 13.6. The van der Waals surface area contributed by atoms with Crippen molar-refractivity contribution in [2.24, 2.45) is 0 Å². The van der Waals surface area contributed by atoms with E-state index >= 15 is 0 Å². The van der Waals surface area contributed by atoms with E-state index in [0.717, 1.165) is 11.4 Å². The number of halogens is 1. The van der Waals surface area contributed by atoms with Gasteiger partial charge < -0.3 is 5.32 Å². The van der Waals surface area contributed by atoms with Gasteiger partial charge in [-0.25, -0.2) is 0 Å². The maximum atomic E-state index is 6.42. The lowest BCUT2D eigenvalue weighted by molar-refractivity contribution is 0.592. The van der Waals surface area contributed by atoms with Crippen LogP contribution in [-0.2, 0) is 19.3 Å². The first-order chi connectivity index (χ1) is 10.2. The molecule has 2 heteroatoms. The van der Waals surface area contributed by atoms with Crippen LogP contribution in [0.25, 0.3) is 0 Å². The molecule has 1 atom stereocenters. The summed E-state index contributed by atoms with van der Waals surface area (Å²) in [5, 5.41) is 4.27. The molecule has 0 heterocycles. The molecule has 21 heavy (non-hydrogen) atoms. The van der Waals surface area contributed by atoms with Crippen LogP contribution in [-0.4, -0.2) is 7.05 Å². The van der Waals surface area contributed by atoms with Gasteiger partial charge in [-0.1, -0.05) is 41.9 Å². The summed E-state index contributed by atoms with van der Waals surface area (Å²) in [6.07, 6.45) is 4.76. The van der Waals surface area contributed by atoms with E-state index in [4.69, 9.17) is 11.6 Å². The maximum absolute atomic E-state index is 6.42. The first kappa shape index (κ1) is 14.6. The van der Waals surface area contributed by atoms with Crippen molar-refractivity contribution in [2.75, 3.05) is 7.05 Å². The van der Waals surface area contributed by atoms with Crippen LogP contribution in [0.4, 0.5) is 0 Å². The van der Waals surface area contributed by atoms with Crippen molar-refractivity contribution in [1.82, 2.24) is 5.32 Å². The fourth-order valence-electron chi connectivity index (χ4n) is 3.27. The van der Waals surface area contributed by atoms with Gasteiger partial charge in [-0.05, 0) is 73.5 Å². The van der Waals surface area contributed by atoms with E-state index in [1.165, 1.54) is 47.1 Å². The van der Waals surface area contributed by atoms with E-state index in [2.05, 4.69) is 42.6 Å². The van der Waals surface area contributed by atoms with E-state index in [9.17, 15) is 0 Å². The monoisotopic (exact) mass is 299 g/mol. The third kappa shape index (κ3) is 3.14. The normalized spacial score (nSPS) is 15.0. The summed E-state index contributed by atoms with van der Waals surface area (Å²) >= 11 is 6.42. The zero-order valence-corrected chi connectivity index (χ0v) is 13.5. The Balaban J connectivity index is 1.84. The van der Waals surface area contributed by atoms with Crippen LogP contribution in [0, 0.1) is 6.92 Å². The second-order valence-corrected chi connectivity index (χ2v) is 6.43. The van der Waals surface area contributed by atoms with Gasteiger partial charge in [0.05, 0.1) is 0 Å². The Kier molecular flexibility index (Phi) is 4.32. The van der Waals surface area contributed by atoms with Gasteiger partial charge >= 0.3 is 0 Å². The fraction of sp³-hybridized carbons (Fsp3) is 0.368. The molecule has 110 valence electrons. The van der Waals surface area contributed by atoms with Crippen LogP contribution in [0.2, 0.25) is 5.02 Å². The van der Waals surface area contributed by atoms with Gasteiger partial charge in [0.15, 0.2) is 0 Å². The summed E-state index contributed by atoms with van der Waals surface area (Å²) < 4.78 is 0. The first-order valence-electron chi connectivity index (χ1n) is 7.71. The van der Waals surface area contributed by atoms with Crippen molar-refractivity contribution in [3.05, 3.63) is 69.2 Å². The van der Waals surface area contributed by atoms with Gasteiger partial charge in [0, 0.05) is 11.1 Å². The Bertz CT molecular complexity index is 648. The molecule has 1 unspecified atom stereocenters. The zero-order chi connectivity index (χ0) is 14.8. The molecule has 2 aromatic rings. The van der Waals surface area contributed by atoms with Gasteiger partial charge in [-0.2, -0.15) is 0 Å². The molecule has 0 spiro atoms. The number of benzene rings is 2. The van der Waals surface area contributed by atoms with Crippen LogP contribution < -0.4 is 5.32 Å². The average molecular weight is 300 g/mol. The highest BCUT2D eigenvalue weighted by Crippen LogP contribution is 2.29. The van der Waals surface area contributed by atoms with E-state index in [1.54, 1.807) is 0 Å². The van der Waals surface area contributed by atoms with Crippen LogP contribution in [0.5, 0.6) is 0 Å². The quantitative estimate of drug-likeness (QED) is 0.867. The SMILES string of the molecule is CNC(Cc1ccc2c(c1)CCC2)c1ccc(C)cc1Cl. The predicted molar refractivity (Wildman–Crippen MR) is 90.2 cm³/mol. The Labute approximate surface area is 132 Å². The van der Waals surface area contributed by atoms with Crippen molar-refractivity contribution >= 4 is 11.6 Å². The Morgan fingerprint density at radius 1 is 1.10 bits per heavy atom. The van der Waals surface area contributed by atoms with Crippen molar-refractivity contribution < 1.29 is 0 Å². The smallest absolute Gasteiger partial charge is 0.0456 e. The van der Waals surface area contributed by atoms with Crippen molar-refractivity contribution in [1.29, 1.82) is 0 Å².